The van der Waals surface area contributed by atoms with Gasteiger partial charge in [-0.05, 0) is 36.4 Å². The molecule has 0 fully saturated rings. The minimum atomic E-state index is -0.475. The van der Waals surface area contributed by atoms with E-state index < -0.39 is 11.6 Å². The van der Waals surface area contributed by atoms with Gasteiger partial charge in [-0.3, -0.25) is 0 Å². The van der Waals surface area contributed by atoms with E-state index in [0.29, 0.717) is 43.6 Å². The van der Waals surface area contributed by atoms with Crippen LogP contribution < -0.4 is 10.7 Å². The van der Waals surface area contributed by atoms with E-state index in [1.54, 1.807) is 12.4 Å². The Morgan fingerprint density at radius 3 is 1.46 bits per heavy atom. The molecule has 0 atom stereocenters. The van der Waals surface area contributed by atoms with Gasteiger partial charge in [0.25, 0.3) is 0 Å². The Morgan fingerprint density at radius 2 is 1.07 bits per heavy atom. The maximum atomic E-state index is 13.8. The SMILES string of the molecule is N#C/N=c1\c2cc(F)ccc2c2nc3/c(=N/C#N)c4cc(F)ccc4c3nc12. The van der Waals surface area contributed by atoms with E-state index in [9.17, 15) is 8.78 Å². The first-order valence-corrected chi connectivity index (χ1v) is 8.09. The Kier molecular flexibility index (Phi) is 3.18. The van der Waals surface area contributed by atoms with Crippen molar-refractivity contribution in [2.75, 3.05) is 0 Å². The predicted octanol–water partition coefficient (Wildman–Crippen LogP) is 3.01. The van der Waals surface area contributed by atoms with E-state index in [4.69, 9.17) is 10.5 Å². The highest BCUT2D eigenvalue weighted by molar-refractivity contribution is 6.14. The van der Waals surface area contributed by atoms with Crippen molar-refractivity contribution in [1.29, 1.82) is 10.5 Å². The zero-order chi connectivity index (χ0) is 19.4. The molecule has 0 bridgehead atoms. The molecule has 1 heterocycles. The molecular formula is C20H6F2N6. The van der Waals surface area contributed by atoms with Crippen molar-refractivity contribution >= 4 is 43.6 Å². The summed E-state index contributed by atoms with van der Waals surface area (Å²) in [5.74, 6) is -0.949. The molecule has 0 saturated heterocycles. The molecule has 0 saturated carbocycles. The largest absolute Gasteiger partial charge is 0.241 e. The Balaban J connectivity index is 2.12. The minimum absolute atomic E-state index is 0.219. The first kappa shape index (κ1) is 15.9. The van der Waals surface area contributed by atoms with Gasteiger partial charge in [-0.15, -0.1) is 0 Å². The van der Waals surface area contributed by atoms with Gasteiger partial charge in [-0.2, -0.15) is 20.5 Å². The number of aromatic nitrogens is 2. The summed E-state index contributed by atoms with van der Waals surface area (Å²) in [6, 6.07) is 8.17. The smallest absolute Gasteiger partial charge is 0.206 e. The van der Waals surface area contributed by atoms with Crippen molar-refractivity contribution in [2.45, 2.75) is 0 Å². The summed E-state index contributed by atoms with van der Waals surface area (Å²) in [5, 5.41) is 20.5. The van der Waals surface area contributed by atoms with Crippen LogP contribution in [-0.4, -0.2) is 9.97 Å². The van der Waals surface area contributed by atoms with E-state index in [-0.39, 0.29) is 10.7 Å². The second-order valence-electron chi connectivity index (χ2n) is 6.12. The Bertz CT molecular complexity index is 1540. The number of halogens is 2. The summed E-state index contributed by atoms with van der Waals surface area (Å²) in [7, 11) is 0. The molecule has 0 amide bonds. The standard InChI is InChI=1S/C20H6F2N6/c21-9-1-3-11-13(5-9)15(25-7-23)19-17(11)27-20-16(26-8-24)14-6-10(22)2-4-12(14)18(20)28-19/h1-6H/b25-15+,26-16+. The average Bonchev–Trinajstić information content (AvgIpc) is 3.13. The van der Waals surface area contributed by atoms with Crippen molar-refractivity contribution < 1.29 is 8.78 Å². The van der Waals surface area contributed by atoms with Gasteiger partial charge < -0.3 is 0 Å². The topological polar surface area (TPSA) is 98.1 Å². The third-order valence-corrected chi connectivity index (χ3v) is 4.65. The predicted molar refractivity (Wildman–Crippen MR) is 96.7 cm³/mol. The first-order chi connectivity index (χ1) is 13.6. The molecule has 6 nitrogen and oxygen atoms in total. The van der Waals surface area contributed by atoms with Crippen LogP contribution in [0.25, 0.3) is 43.6 Å². The molecule has 0 aliphatic carbocycles. The number of rotatable bonds is 0. The van der Waals surface area contributed by atoms with Crippen LogP contribution in [0.1, 0.15) is 0 Å². The summed E-state index contributed by atoms with van der Waals surface area (Å²) in [5.41, 5.74) is 1.46. The zero-order valence-electron chi connectivity index (χ0n) is 13.9. The lowest BCUT2D eigenvalue weighted by Gasteiger charge is -1.94. The Morgan fingerprint density at radius 1 is 0.643 bits per heavy atom. The fourth-order valence-electron chi connectivity index (χ4n) is 3.56. The van der Waals surface area contributed by atoms with Gasteiger partial charge in [0.15, 0.2) is 0 Å². The van der Waals surface area contributed by atoms with Crippen LogP contribution in [0.4, 0.5) is 8.78 Å². The molecule has 0 aliphatic rings. The second kappa shape index (κ2) is 5.60. The second-order valence-corrected chi connectivity index (χ2v) is 6.12. The van der Waals surface area contributed by atoms with Crippen molar-refractivity contribution in [3.05, 3.63) is 58.7 Å². The van der Waals surface area contributed by atoms with Gasteiger partial charge in [0.1, 0.15) is 33.4 Å². The van der Waals surface area contributed by atoms with Crippen LogP contribution in [0.5, 0.6) is 0 Å². The fourth-order valence-corrected chi connectivity index (χ4v) is 3.56. The summed E-state index contributed by atoms with van der Waals surface area (Å²) >= 11 is 0. The number of benzene rings is 2. The molecule has 0 radical (unpaired) electrons. The number of nitriles is 2. The zero-order valence-corrected chi connectivity index (χ0v) is 13.9. The molecule has 1 aromatic heterocycles. The molecule has 0 N–H and O–H groups in total. The number of fused-ring (bicyclic) bond motifs is 6. The van der Waals surface area contributed by atoms with Crippen LogP contribution in [0, 0.1) is 34.5 Å². The van der Waals surface area contributed by atoms with E-state index in [2.05, 4.69) is 20.0 Å². The highest BCUT2D eigenvalue weighted by Crippen LogP contribution is 2.28. The lowest BCUT2D eigenvalue weighted by atomic mass is 10.2. The molecule has 28 heavy (non-hydrogen) atoms. The molecule has 130 valence electrons. The normalized spacial score (nSPS) is 13.0. The van der Waals surface area contributed by atoms with E-state index in [1.807, 2.05) is 0 Å². The molecule has 8 heteroatoms. The first-order valence-electron chi connectivity index (χ1n) is 8.09. The fraction of sp³-hybridized carbons (Fsp3) is 0. The van der Waals surface area contributed by atoms with E-state index >= 15 is 0 Å². The van der Waals surface area contributed by atoms with Crippen molar-refractivity contribution in [1.82, 2.24) is 9.97 Å². The average molecular weight is 368 g/mol. The minimum Gasteiger partial charge on any atom is -0.241 e. The van der Waals surface area contributed by atoms with Crippen LogP contribution in [0.15, 0.2) is 46.4 Å². The van der Waals surface area contributed by atoms with Gasteiger partial charge in [-0.25, -0.2) is 18.7 Å². The van der Waals surface area contributed by atoms with E-state index in [1.165, 1.54) is 36.4 Å². The van der Waals surface area contributed by atoms with Gasteiger partial charge in [0.2, 0.25) is 12.4 Å². The quantitative estimate of drug-likeness (QED) is 0.392. The molecular weight excluding hydrogens is 362 g/mol. The van der Waals surface area contributed by atoms with Crippen molar-refractivity contribution in [2.24, 2.45) is 9.98 Å². The van der Waals surface area contributed by atoms with Crippen molar-refractivity contribution in [3.8, 4) is 12.4 Å². The summed E-state index contributed by atoms with van der Waals surface area (Å²) in [4.78, 5) is 16.8. The maximum absolute atomic E-state index is 13.8. The van der Waals surface area contributed by atoms with Gasteiger partial charge >= 0.3 is 0 Å². The lowest BCUT2D eigenvalue weighted by molar-refractivity contribution is 0.629. The van der Waals surface area contributed by atoms with Crippen LogP contribution in [0.3, 0.4) is 0 Å². The van der Waals surface area contributed by atoms with Gasteiger partial charge in [0, 0.05) is 21.5 Å². The van der Waals surface area contributed by atoms with Gasteiger partial charge in [-0.1, -0.05) is 0 Å². The molecule has 5 aromatic rings. The van der Waals surface area contributed by atoms with E-state index in [0.717, 1.165) is 0 Å². The number of hydrogen-bond acceptors (Lipinski definition) is 6. The molecule has 5 rings (SSSR count). The van der Waals surface area contributed by atoms with Crippen LogP contribution in [-0.2, 0) is 0 Å². The molecule has 0 aliphatic heterocycles. The lowest BCUT2D eigenvalue weighted by Crippen LogP contribution is -2.03. The third-order valence-electron chi connectivity index (χ3n) is 4.65. The van der Waals surface area contributed by atoms with Gasteiger partial charge in [0.05, 0.1) is 11.0 Å². The third kappa shape index (κ3) is 2.03. The van der Waals surface area contributed by atoms with Crippen molar-refractivity contribution in [3.63, 3.8) is 0 Å². The number of hydrogen-bond donors (Lipinski definition) is 0. The Hall–Kier alpha value is -4.30. The van der Waals surface area contributed by atoms with Crippen LogP contribution in [0.2, 0.25) is 0 Å². The summed E-state index contributed by atoms with van der Waals surface area (Å²) in [6.45, 7) is 0. The highest BCUT2D eigenvalue weighted by Gasteiger charge is 2.18. The summed E-state index contributed by atoms with van der Waals surface area (Å²) < 4.78 is 27.5. The molecule has 4 aromatic carbocycles. The maximum Gasteiger partial charge on any atom is 0.206 e. The summed E-state index contributed by atoms with van der Waals surface area (Å²) in [6.07, 6.45) is 3.43. The monoisotopic (exact) mass is 368 g/mol. The molecule has 0 spiro atoms. The molecule has 0 unspecified atom stereocenters. The Labute approximate surface area is 154 Å². The highest BCUT2D eigenvalue weighted by atomic mass is 19.1. The van der Waals surface area contributed by atoms with Crippen LogP contribution >= 0.6 is 0 Å². The number of nitrogens with zero attached hydrogens (tertiary/aromatic N) is 6.